The van der Waals surface area contributed by atoms with E-state index in [1.165, 1.54) is 0 Å². The normalized spacial score (nSPS) is 26.7. The largest absolute Gasteiger partial charge is 0.444 e. The Kier molecular flexibility index (Phi) is 3.67. The van der Waals surface area contributed by atoms with Gasteiger partial charge in [-0.3, -0.25) is 4.90 Å². The van der Waals surface area contributed by atoms with Gasteiger partial charge in [0.25, 0.3) is 0 Å². The van der Waals surface area contributed by atoms with Gasteiger partial charge in [-0.05, 0) is 62.6 Å². The average Bonchev–Trinajstić information content (AvgIpc) is 2.97. The van der Waals surface area contributed by atoms with Crippen molar-refractivity contribution in [3.05, 3.63) is 40.6 Å². The van der Waals surface area contributed by atoms with Crippen LogP contribution in [0.25, 0.3) is 21.8 Å². The van der Waals surface area contributed by atoms with Crippen LogP contribution in [0, 0.1) is 5.41 Å². The highest BCUT2D eigenvalue weighted by molar-refractivity contribution is 9.10. The highest BCUT2D eigenvalue weighted by Gasteiger charge is 2.64. The fraction of sp³-hybridized carbons (Fsp3) is 0.455. The molecular weight excluding hydrogens is 418 g/mol. The first-order chi connectivity index (χ1) is 13.1. The fourth-order valence-electron chi connectivity index (χ4n) is 4.54. The maximum absolute atomic E-state index is 12.9. The number of likely N-dealkylation sites (tertiary alicyclic amines) is 1. The first-order valence-electron chi connectivity index (χ1n) is 9.74. The number of carbonyl (C=O) groups is 1. The van der Waals surface area contributed by atoms with Gasteiger partial charge in [0, 0.05) is 15.9 Å². The van der Waals surface area contributed by atoms with E-state index >= 15 is 0 Å². The van der Waals surface area contributed by atoms with Crippen molar-refractivity contribution in [1.82, 2.24) is 14.9 Å². The summed E-state index contributed by atoms with van der Waals surface area (Å²) in [6.07, 6.45) is 1.72. The third-order valence-electron chi connectivity index (χ3n) is 6.00. The SMILES string of the molecule is CC(C)(C)OC(=O)N1C2C[C@]2(C)C[C@H]1c1nc2c(ccc3cc(Br)ccc32)[nH]1. The maximum Gasteiger partial charge on any atom is 0.411 e. The molecule has 3 aromatic rings. The molecule has 1 unspecified atom stereocenters. The maximum atomic E-state index is 12.9. The molecule has 1 N–H and O–H groups in total. The molecule has 2 aromatic carbocycles. The number of rotatable bonds is 1. The van der Waals surface area contributed by atoms with Gasteiger partial charge in [0.2, 0.25) is 0 Å². The number of aromatic nitrogens is 2. The Morgan fingerprint density at radius 2 is 2.07 bits per heavy atom. The van der Waals surface area contributed by atoms with E-state index in [1.807, 2.05) is 31.7 Å². The second-order valence-corrected chi connectivity index (χ2v) is 10.3. The number of fused-ring (bicyclic) bond motifs is 4. The molecule has 1 amide bonds. The number of carbonyl (C=O) groups excluding carboxylic acids is 1. The number of nitrogens with zero attached hydrogens (tertiary/aromatic N) is 2. The number of hydrogen-bond donors (Lipinski definition) is 1. The van der Waals surface area contributed by atoms with Crippen molar-refractivity contribution in [2.45, 2.75) is 58.2 Å². The molecule has 0 bridgehead atoms. The summed E-state index contributed by atoms with van der Waals surface area (Å²) in [5.41, 5.74) is 1.62. The Balaban J connectivity index is 1.56. The van der Waals surface area contributed by atoms with Gasteiger partial charge < -0.3 is 9.72 Å². The van der Waals surface area contributed by atoms with Gasteiger partial charge in [0.05, 0.1) is 17.1 Å². The monoisotopic (exact) mass is 441 g/mol. The van der Waals surface area contributed by atoms with E-state index in [0.717, 1.165) is 44.9 Å². The van der Waals surface area contributed by atoms with E-state index in [9.17, 15) is 4.79 Å². The van der Waals surface area contributed by atoms with Crippen LogP contribution in [0.2, 0.25) is 0 Å². The van der Waals surface area contributed by atoms with E-state index in [-0.39, 0.29) is 23.6 Å². The molecule has 5 rings (SSSR count). The molecule has 3 atom stereocenters. The molecule has 2 heterocycles. The fourth-order valence-corrected chi connectivity index (χ4v) is 4.92. The molecule has 5 nitrogen and oxygen atoms in total. The Morgan fingerprint density at radius 3 is 2.82 bits per heavy atom. The first kappa shape index (κ1) is 18.0. The van der Waals surface area contributed by atoms with Crippen LogP contribution in [0.5, 0.6) is 0 Å². The van der Waals surface area contributed by atoms with E-state index < -0.39 is 5.60 Å². The highest BCUT2D eigenvalue weighted by Crippen LogP contribution is 2.63. The summed E-state index contributed by atoms with van der Waals surface area (Å²) in [5, 5.41) is 2.26. The quantitative estimate of drug-likeness (QED) is 0.508. The Hall–Kier alpha value is -2.08. The molecular formula is C22H24BrN3O2. The van der Waals surface area contributed by atoms with E-state index in [2.05, 4.69) is 52.1 Å². The van der Waals surface area contributed by atoms with Gasteiger partial charge in [-0.25, -0.2) is 9.78 Å². The lowest BCUT2D eigenvalue weighted by Crippen LogP contribution is -2.38. The summed E-state index contributed by atoms with van der Waals surface area (Å²) in [4.78, 5) is 23.3. The molecule has 1 aliphatic heterocycles. The summed E-state index contributed by atoms with van der Waals surface area (Å²) in [5.74, 6) is 0.852. The zero-order valence-electron chi connectivity index (χ0n) is 16.5. The molecule has 1 saturated carbocycles. The van der Waals surface area contributed by atoms with E-state index in [0.29, 0.717) is 0 Å². The Bertz CT molecular complexity index is 1120. The summed E-state index contributed by atoms with van der Waals surface area (Å²) in [7, 11) is 0. The van der Waals surface area contributed by atoms with Crippen LogP contribution in [-0.4, -0.2) is 32.6 Å². The minimum atomic E-state index is -0.507. The van der Waals surface area contributed by atoms with Gasteiger partial charge in [0.15, 0.2) is 0 Å². The number of aromatic amines is 1. The van der Waals surface area contributed by atoms with Crippen LogP contribution in [0.15, 0.2) is 34.8 Å². The number of ether oxygens (including phenoxy) is 1. The van der Waals surface area contributed by atoms with Crippen LogP contribution in [0.1, 0.15) is 52.4 Å². The molecule has 2 aliphatic rings. The van der Waals surface area contributed by atoms with Crippen LogP contribution < -0.4 is 0 Å². The molecule has 0 spiro atoms. The number of piperidine rings is 1. The number of benzene rings is 2. The van der Waals surface area contributed by atoms with Gasteiger partial charge in [-0.1, -0.05) is 35.0 Å². The van der Waals surface area contributed by atoms with Crippen molar-refractivity contribution in [3.63, 3.8) is 0 Å². The van der Waals surface area contributed by atoms with Crippen molar-refractivity contribution >= 4 is 43.8 Å². The van der Waals surface area contributed by atoms with Crippen molar-refractivity contribution < 1.29 is 9.53 Å². The van der Waals surface area contributed by atoms with Crippen LogP contribution in [-0.2, 0) is 4.74 Å². The lowest BCUT2D eigenvalue weighted by atomic mass is 10.0. The van der Waals surface area contributed by atoms with Crippen molar-refractivity contribution in [3.8, 4) is 0 Å². The smallest absolute Gasteiger partial charge is 0.411 e. The zero-order valence-corrected chi connectivity index (χ0v) is 18.1. The van der Waals surface area contributed by atoms with Crippen LogP contribution in [0.4, 0.5) is 4.79 Å². The molecule has 146 valence electrons. The molecule has 6 heteroatoms. The second-order valence-electron chi connectivity index (χ2n) is 9.43. The number of H-pyrrole nitrogens is 1. The average molecular weight is 442 g/mol. The summed E-state index contributed by atoms with van der Waals surface area (Å²) in [6, 6.07) is 10.6. The van der Waals surface area contributed by atoms with Crippen LogP contribution in [0.3, 0.4) is 0 Å². The van der Waals surface area contributed by atoms with Gasteiger partial charge in [-0.15, -0.1) is 0 Å². The summed E-state index contributed by atoms with van der Waals surface area (Å²) in [6.45, 7) is 7.99. The molecule has 1 aromatic heterocycles. The van der Waals surface area contributed by atoms with Gasteiger partial charge in [-0.2, -0.15) is 0 Å². The number of halogens is 1. The lowest BCUT2D eigenvalue weighted by Gasteiger charge is -2.29. The zero-order chi connectivity index (χ0) is 19.8. The standard InChI is InChI=1S/C22H24BrN3O2/c1-21(2,3)28-20(27)26-16(10-22(4)11-17(22)26)19-24-15-8-5-12-9-13(23)6-7-14(12)18(15)25-19/h5-9,16-17H,10-11H2,1-4H3,(H,24,25)/t16-,17?,22-/m0/s1. The van der Waals surface area contributed by atoms with Crippen molar-refractivity contribution in [2.75, 3.05) is 0 Å². The minimum Gasteiger partial charge on any atom is -0.444 e. The third kappa shape index (κ3) is 2.81. The minimum absolute atomic E-state index is 0.0727. The topological polar surface area (TPSA) is 58.2 Å². The van der Waals surface area contributed by atoms with Crippen LogP contribution >= 0.6 is 15.9 Å². The van der Waals surface area contributed by atoms with E-state index in [4.69, 9.17) is 9.72 Å². The molecule has 1 saturated heterocycles. The number of hydrogen-bond acceptors (Lipinski definition) is 3. The van der Waals surface area contributed by atoms with Crippen molar-refractivity contribution in [1.29, 1.82) is 0 Å². The number of nitrogens with one attached hydrogen (secondary N) is 1. The Labute approximate surface area is 172 Å². The highest BCUT2D eigenvalue weighted by atomic mass is 79.9. The predicted octanol–water partition coefficient (Wildman–Crippen LogP) is 5.94. The van der Waals surface area contributed by atoms with Crippen molar-refractivity contribution in [2.24, 2.45) is 5.41 Å². The predicted molar refractivity (Wildman–Crippen MR) is 113 cm³/mol. The summed E-state index contributed by atoms with van der Waals surface area (Å²) >= 11 is 3.53. The molecule has 2 fully saturated rings. The second kappa shape index (κ2) is 5.72. The summed E-state index contributed by atoms with van der Waals surface area (Å²) < 4.78 is 6.76. The van der Waals surface area contributed by atoms with Gasteiger partial charge in [0.1, 0.15) is 11.4 Å². The Morgan fingerprint density at radius 1 is 1.29 bits per heavy atom. The third-order valence-corrected chi connectivity index (χ3v) is 6.50. The number of imidazole rings is 1. The lowest BCUT2D eigenvalue weighted by molar-refractivity contribution is 0.0175. The molecule has 28 heavy (non-hydrogen) atoms. The number of amides is 1. The molecule has 1 aliphatic carbocycles. The first-order valence-corrected chi connectivity index (χ1v) is 10.5. The van der Waals surface area contributed by atoms with E-state index in [1.54, 1.807) is 0 Å². The van der Waals surface area contributed by atoms with Gasteiger partial charge >= 0.3 is 6.09 Å². The molecule has 0 radical (unpaired) electrons.